The number of furan rings is 1. The van der Waals surface area contributed by atoms with Gasteiger partial charge in [0.1, 0.15) is 11.5 Å². The summed E-state index contributed by atoms with van der Waals surface area (Å²) in [6, 6.07) is 19.0. The van der Waals surface area contributed by atoms with Gasteiger partial charge in [-0.3, -0.25) is 9.59 Å². The predicted octanol–water partition coefficient (Wildman–Crippen LogP) is 4.42. The van der Waals surface area contributed by atoms with Gasteiger partial charge in [-0.05, 0) is 56.0 Å². The standard InChI is InChI=1S/C25H26N2O3/c1-18-8-5-10-20(16-18)11-6-14-26-25(29)23(17-21-12-7-15-30-21)27-24(28)22-13-4-3-9-19(22)2/h3-5,7-10,12-13,15-17H,6,11,14H2,1-2H3,(H,26,29)(H,27,28)/b23-17-. The van der Waals surface area contributed by atoms with Crippen LogP contribution in [-0.2, 0) is 11.2 Å². The van der Waals surface area contributed by atoms with Crippen LogP contribution in [0.25, 0.3) is 6.08 Å². The fourth-order valence-corrected chi connectivity index (χ4v) is 3.15. The molecule has 0 unspecified atom stereocenters. The fraction of sp³-hybridized carbons (Fsp3) is 0.200. The van der Waals surface area contributed by atoms with Crippen LogP contribution in [0.2, 0.25) is 0 Å². The first kappa shape index (κ1) is 21.1. The number of benzene rings is 2. The topological polar surface area (TPSA) is 71.3 Å². The van der Waals surface area contributed by atoms with Crippen molar-refractivity contribution < 1.29 is 14.0 Å². The minimum Gasteiger partial charge on any atom is -0.465 e. The first-order valence-corrected chi connectivity index (χ1v) is 9.99. The summed E-state index contributed by atoms with van der Waals surface area (Å²) in [4.78, 5) is 25.4. The van der Waals surface area contributed by atoms with Gasteiger partial charge in [0, 0.05) is 18.2 Å². The molecule has 3 aromatic rings. The number of nitrogens with one attached hydrogen (secondary N) is 2. The number of hydrogen-bond donors (Lipinski definition) is 2. The largest absolute Gasteiger partial charge is 0.465 e. The minimum atomic E-state index is -0.349. The first-order chi connectivity index (χ1) is 14.5. The number of carbonyl (C=O) groups is 2. The van der Waals surface area contributed by atoms with Gasteiger partial charge in [0.25, 0.3) is 11.8 Å². The Labute approximate surface area is 176 Å². The SMILES string of the molecule is Cc1cccc(CCCNC(=O)/C(=C/c2ccco2)NC(=O)c2ccccc2C)c1. The quantitative estimate of drug-likeness (QED) is 0.433. The lowest BCUT2D eigenvalue weighted by Crippen LogP contribution is -2.35. The molecule has 0 aliphatic heterocycles. The van der Waals surface area contributed by atoms with E-state index in [9.17, 15) is 9.59 Å². The summed E-state index contributed by atoms with van der Waals surface area (Å²) >= 11 is 0. The van der Waals surface area contributed by atoms with E-state index in [-0.39, 0.29) is 17.5 Å². The second-order valence-electron chi connectivity index (χ2n) is 7.19. The fourth-order valence-electron chi connectivity index (χ4n) is 3.15. The van der Waals surface area contributed by atoms with Crippen LogP contribution in [-0.4, -0.2) is 18.4 Å². The van der Waals surface area contributed by atoms with E-state index < -0.39 is 0 Å². The molecule has 0 radical (unpaired) electrons. The zero-order chi connectivity index (χ0) is 21.3. The molecule has 2 aromatic carbocycles. The van der Waals surface area contributed by atoms with Gasteiger partial charge in [0.2, 0.25) is 0 Å². The second-order valence-corrected chi connectivity index (χ2v) is 7.19. The summed E-state index contributed by atoms with van der Waals surface area (Å²) in [5, 5.41) is 5.62. The average molecular weight is 402 g/mol. The minimum absolute atomic E-state index is 0.147. The lowest BCUT2D eigenvalue weighted by molar-refractivity contribution is -0.117. The van der Waals surface area contributed by atoms with Gasteiger partial charge >= 0.3 is 0 Å². The van der Waals surface area contributed by atoms with Gasteiger partial charge < -0.3 is 15.1 Å². The van der Waals surface area contributed by atoms with Crippen LogP contribution in [0.15, 0.2) is 77.0 Å². The van der Waals surface area contributed by atoms with Crippen molar-refractivity contribution in [2.45, 2.75) is 26.7 Å². The molecule has 0 atom stereocenters. The van der Waals surface area contributed by atoms with E-state index in [0.29, 0.717) is 17.9 Å². The summed E-state index contributed by atoms with van der Waals surface area (Å²) in [7, 11) is 0. The lowest BCUT2D eigenvalue weighted by Gasteiger charge is -2.12. The van der Waals surface area contributed by atoms with E-state index in [2.05, 4.69) is 35.8 Å². The molecule has 0 saturated heterocycles. The van der Waals surface area contributed by atoms with Gasteiger partial charge in [-0.25, -0.2) is 0 Å². The molecule has 30 heavy (non-hydrogen) atoms. The van der Waals surface area contributed by atoms with E-state index >= 15 is 0 Å². The molecular formula is C25H26N2O3. The highest BCUT2D eigenvalue weighted by molar-refractivity contribution is 6.05. The van der Waals surface area contributed by atoms with Gasteiger partial charge in [0.15, 0.2) is 0 Å². The smallest absolute Gasteiger partial charge is 0.267 e. The van der Waals surface area contributed by atoms with Crippen molar-refractivity contribution in [3.63, 3.8) is 0 Å². The van der Waals surface area contributed by atoms with E-state index in [4.69, 9.17) is 4.42 Å². The van der Waals surface area contributed by atoms with Gasteiger partial charge in [0.05, 0.1) is 6.26 Å². The molecule has 5 nitrogen and oxygen atoms in total. The average Bonchev–Trinajstić information content (AvgIpc) is 3.24. The second kappa shape index (κ2) is 10.3. The molecule has 0 bridgehead atoms. The summed E-state index contributed by atoms with van der Waals surface area (Å²) in [5.41, 5.74) is 3.97. The third-order valence-corrected chi connectivity index (χ3v) is 4.72. The molecule has 0 spiro atoms. The predicted molar refractivity (Wildman–Crippen MR) is 118 cm³/mol. The molecule has 5 heteroatoms. The Kier molecular flexibility index (Phi) is 7.22. The van der Waals surface area contributed by atoms with Crippen LogP contribution >= 0.6 is 0 Å². The Hall–Kier alpha value is -3.60. The highest BCUT2D eigenvalue weighted by Crippen LogP contribution is 2.11. The van der Waals surface area contributed by atoms with Crippen LogP contribution in [0, 0.1) is 13.8 Å². The molecule has 3 rings (SSSR count). The summed E-state index contributed by atoms with van der Waals surface area (Å²) in [5.74, 6) is -0.191. The Bertz CT molecular complexity index is 1040. The third-order valence-electron chi connectivity index (χ3n) is 4.72. The Morgan fingerprint density at radius 2 is 1.83 bits per heavy atom. The maximum absolute atomic E-state index is 12.8. The molecule has 0 aliphatic rings. The van der Waals surface area contributed by atoms with Gasteiger partial charge in [-0.1, -0.05) is 48.0 Å². The zero-order valence-corrected chi connectivity index (χ0v) is 17.3. The molecular weight excluding hydrogens is 376 g/mol. The summed E-state index contributed by atoms with van der Waals surface area (Å²) in [6.07, 6.45) is 4.72. The number of amides is 2. The molecule has 1 aromatic heterocycles. The molecule has 0 fully saturated rings. The van der Waals surface area contributed by atoms with Crippen molar-refractivity contribution in [1.29, 1.82) is 0 Å². The van der Waals surface area contributed by atoms with E-state index in [1.807, 2.05) is 25.1 Å². The Morgan fingerprint density at radius 3 is 2.57 bits per heavy atom. The maximum Gasteiger partial charge on any atom is 0.267 e. The normalized spacial score (nSPS) is 11.2. The monoisotopic (exact) mass is 402 g/mol. The van der Waals surface area contributed by atoms with Crippen molar-refractivity contribution in [3.8, 4) is 0 Å². The number of rotatable bonds is 8. The molecule has 154 valence electrons. The number of aryl methyl sites for hydroxylation is 3. The summed E-state index contributed by atoms with van der Waals surface area (Å²) < 4.78 is 5.31. The van der Waals surface area contributed by atoms with Gasteiger partial charge in [-0.15, -0.1) is 0 Å². The van der Waals surface area contributed by atoms with Crippen molar-refractivity contribution in [2.75, 3.05) is 6.54 Å². The van der Waals surface area contributed by atoms with Crippen LogP contribution in [0.3, 0.4) is 0 Å². The van der Waals surface area contributed by atoms with Crippen molar-refractivity contribution in [3.05, 3.63) is 101 Å². The van der Waals surface area contributed by atoms with E-state index in [0.717, 1.165) is 18.4 Å². The zero-order valence-electron chi connectivity index (χ0n) is 17.3. The van der Waals surface area contributed by atoms with Crippen molar-refractivity contribution in [2.24, 2.45) is 0 Å². The van der Waals surface area contributed by atoms with Crippen LogP contribution in [0.1, 0.15) is 39.2 Å². The van der Waals surface area contributed by atoms with Crippen LogP contribution < -0.4 is 10.6 Å². The Morgan fingerprint density at radius 1 is 1.00 bits per heavy atom. The highest BCUT2D eigenvalue weighted by atomic mass is 16.3. The van der Waals surface area contributed by atoms with E-state index in [1.54, 1.807) is 24.3 Å². The molecule has 0 saturated carbocycles. The third kappa shape index (κ3) is 5.95. The molecule has 0 aliphatic carbocycles. The highest BCUT2D eigenvalue weighted by Gasteiger charge is 2.16. The Balaban J connectivity index is 1.64. The van der Waals surface area contributed by atoms with Crippen molar-refractivity contribution in [1.82, 2.24) is 10.6 Å². The number of carbonyl (C=O) groups excluding carboxylic acids is 2. The molecule has 2 N–H and O–H groups in total. The van der Waals surface area contributed by atoms with Crippen LogP contribution in [0.4, 0.5) is 0 Å². The first-order valence-electron chi connectivity index (χ1n) is 9.99. The van der Waals surface area contributed by atoms with Crippen LogP contribution in [0.5, 0.6) is 0 Å². The number of hydrogen-bond acceptors (Lipinski definition) is 3. The van der Waals surface area contributed by atoms with E-state index in [1.165, 1.54) is 23.5 Å². The molecule has 2 amide bonds. The lowest BCUT2D eigenvalue weighted by atomic mass is 10.1. The van der Waals surface area contributed by atoms with Gasteiger partial charge in [-0.2, -0.15) is 0 Å². The summed E-state index contributed by atoms with van der Waals surface area (Å²) in [6.45, 7) is 4.42. The van der Waals surface area contributed by atoms with Crippen molar-refractivity contribution >= 4 is 17.9 Å². The molecule has 1 heterocycles. The maximum atomic E-state index is 12.8.